The number of hydrogen-bond donors (Lipinski definition) is 0. The molecule has 1 rings (SSSR count). The van der Waals surface area contributed by atoms with E-state index in [0.29, 0.717) is 24.2 Å². The molecule has 1 fully saturated rings. The summed E-state index contributed by atoms with van der Waals surface area (Å²) < 4.78 is 39.9. The zero-order valence-electron chi connectivity index (χ0n) is 18.8. The molecule has 1 aliphatic rings. The number of phosphoric acid groups is 1. The molecular weight excluding hydrogens is 397 g/mol. The summed E-state index contributed by atoms with van der Waals surface area (Å²) in [5.74, 6) is 0. The van der Waals surface area contributed by atoms with E-state index >= 15 is 0 Å². The van der Waals surface area contributed by atoms with E-state index in [-0.39, 0.29) is 26.1 Å². The van der Waals surface area contributed by atoms with Crippen molar-refractivity contribution in [3.8, 4) is 0 Å². The fourth-order valence-corrected chi connectivity index (χ4v) is 3.55. The van der Waals surface area contributed by atoms with E-state index in [1.54, 1.807) is 0 Å². The van der Waals surface area contributed by atoms with Crippen molar-refractivity contribution < 1.29 is 37.2 Å². The average Bonchev–Trinajstić information content (AvgIpc) is 2.65. The highest BCUT2D eigenvalue weighted by atomic mass is 31.2. The monoisotopic (exact) mass is 439 g/mol. The van der Waals surface area contributed by atoms with Crippen LogP contribution in [0.4, 0.5) is 0 Å². The molecule has 0 aliphatic carbocycles. The molecular formula is C20H42NO7P. The highest BCUT2D eigenvalue weighted by molar-refractivity contribution is 7.45. The summed E-state index contributed by atoms with van der Waals surface area (Å²) in [6.45, 7) is 4.25. The zero-order chi connectivity index (χ0) is 21.6. The van der Waals surface area contributed by atoms with Gasteiger partial charge in [0.15, 0.2) is 6.29 Å². The lowest BCUT2D eigenvalue weighted by Crippen LogP contribution is -2.38. The predicted octanol–water partition coefficient (Wildman–Crippen LogP) is 3.09. The molecule has 0 N–H and O–H groups in total. The first-order valence-electron chi connectivity index (χ1n) is 11.0. The van der Waals surface area contributed by atoms with Gasteiger partial charge in [0.25, 0.3) is 7.82 Å². The van der Waals surface area contributed by atoms with Crippen molar-refractivity contribution in [1.82, 2.24) is 0 Å². The summed E-state index contributed by atoms with van der Waals surface area (Å²) in [6.07, 6.45) is 7.78. The van der Waals surface area contributed by atoms with Crippen LogP contribution < -0.4 is 4.89 Å². The van der Waals surface area contributed by atoms with Crippen molar-refractivity contribution >= 4 is 7.82 Å². The van der Waals surface area contributed by atoms with Crippen LogP contribution in [0, 0.1) is 0 Å². The SMILES string of the molecule is CCCCCCCOCC(COP(=O)([O-])OCC[N+](C)(C)C)OC1CCCCO1. The number of ether oxygens (including phenoxy) is 3. The Balaban J connectivity index is 2.38. The molecule has 0 saturated carbocycles. The summed E-state index contributed by atoms with van der Waals surface area (Å²) in [5.41, 5.74) is 0. The molecule has 0 radical (unpaired) electrons. The number of phosphoric ester groups is 1. The second-order valence-corrected chi connectivity index (χ2v) is 10.0. The minimum absolute atomic E-state index is 0.0792. The Morgan fingerprint density at radius 3 is 2.48 bits per heavy atom. The Morgan fingerprint density at radius 1 is 1.07 bits per heavy atom. The Kier molecular flexibility index (Phi) is 13.8. The fraction of sp³-hybridized carbons (Fsp3) is 1.00. The van der Waals surface area contributed by atoms with Crippen molar-refractivity contribution in [3.05, 3.63) is 0 Å². The van der Waals surface area contributed by atoms with Crippen molar-refractivity contribution in [2.24, 2.45) is 0 Å². The van der Waals surface area contributed by atoms with Crippen molar-refractivity contribution in [2.75, 3.05) is 60.7 Å². The van der Waals surface area contributed by atoms with Gasteiger partial charge in [-0.1, -0.05) is 32.6 Å². The molecule has 8 nitrogen and oxygen atoms in total. The molecule has 0 aromatic heterocycles. The molecule has 0 bridgehead atoms. The molecule has 9 heteroatoms. The van der Waals surface area contributed by atoms with Gasteiger partial charge >= 0.3 is 0 Å². The van der Waals surface area contributed by atoms with Crippen molar-refractivity contribution in [3.63, 3.8) is 0 Å². The molecule has 0 amide bonds. The summed E-state index contributed by atoms with van der Waals surface area (Å²) in [7, 11) is 1.52. The van der Waals surface area contributed by atoms with Crippen LogP contribution in [0.3, 0.4) is 0 Å². The van der Waals surface area contributed by atoms with Gasteiger partial charge in [-0.2, -0.15) is 0 Å². The molecule has 1 saturated heterocycles. The second-order valence-electron chi connectivity index (χ2n) is 8.63. The van der Waals surface area contributed by atoms with Crippen LogP contribution in [0.1, 0.15) is 58.3 Å². The summed E-state index contributed by atoms with van der Waals surface area (Å²) in [6, 6.07) is 0. The maximum atomic E-state index is 12.0. The van der Waals surface area contributed by atoms with Gasteiger partial charge in [-0.25, -0.2) is 0 Å². The van der Waals surface area contributed by atoms with Gasteiger partial charge in [-0.3, -0.25) is 4.57 Å². The Labute approximate surface area is 177 Å². The summed E-state index contributed by atoms with van der Waals surface area (Å²) >= 11 is 0. The van der Waals surface area contributed by atoms with Gasteiger partial charge in [-0.05, 0) is 25.7 Å². The minimum Gasteiger partial charge on any atom is -0.756 e. The highest BCUT2D eigenvalue weighted by Gasteiger charge is 2.23. The van der Waals surface area contributed by atoms with Crippen molar-refractivity contribution in [1.29, 1.82) is 0 Å². The molecule has 0 aromatic carbocycles. The van der Waals surface area contributed by atoms with Gasteiger partial charge < -0.3 is 32.6 Å². The molecule has 1 heterocycles. The molecule has 3 unspecified atom stereocenters. The van der Waals surface area contributed by atoms with Gasteiger partial charge in [0.05, 0.1) is 34.4 Å². The van der Waals surface area contributed by atoms with Crippen molar-refractivity contribution in [2.45, 2.75) is 70.7 Å². The number of unbranched alkanes of at least 4 members (excludes halogenated alkanes) is 4. The summed E-state index contributed by atoms with van der Waals surface area (Å²) in [5, 5.41) is 0. The second kappa shape index (κ2) is 14.9. The lowest BCUT2D eigenvalue weighted by molar-refractivity contribution is -0.870. The Bertz CT molecular complexity index is 453. The van der Waals surface area contributed by atoms with E-state index in [9.17, 15) is 9.46 Å². The van der Waals surface area contributed by atoms with E-state index in [0.717, 1.165) is 32.1 Å². The first-order valence-corrected chi connectivity index (χ1v) is 12.4. The van der Waals surface area contributed by atoms with Gasteiger partial charge in [0, 0.05) is 13.2 Å². The van der Waals surface area contributed by atoms with Crippen LogP contribution in [-0.4, -0.2) is 77.6 Å². The quantitative estimate of drug-likeness (QED) is 0.196. The third-order valence-corrected chi connectivity index (χ3v) is 5.57. The van der Waals surface area contributed by atoms with Gasteiger partial charge in [0.1, 0.15) is 19.3 Å². The molecule has 3 atom stereocenters. The standard InChI is InChI=1S/C20H42NO7P/c1-5-6-7-8-10-14-24-17-19(28-20-12-9-11-15-25-20)18-27-29(22,23)26-16-13-21(2,3)4/h19-20H,5-18H2,1-4H3. The number of rotatable bonds is 17. The van der Waals surface area contributed by atoms with E-state index in [1.807, 2.05) is 21.1 Å². The Hall–Kier alpha value is -0.0500. The zero-order valence-corrected chi connectivity index (χ0v) is 19.7. The number of likely N-dealkylation sites (N-methyl/N-ethyl adjacent to an activating group) is 1. The third-order valence-electron chi connectivity index (χ3n) is 4.61. The number of quaternary nitrogens is 1. The average molecular weight is 440 g/mol. The van der Waals surface area contributed by atoms with Crippen LogP contribution in [0.25, 0.3) is 0 Å². The molecule has 0 spiro atoms. The third kappa shape index (κ3) is 15.4. The fourth-order valence-electron chi connectivity index (χ4n) is 2.82. The maximum absolute atomic E-state index is 12.0. The number of hydrogen-bond acceptors (Lipinski definition) is 7. The maximum Gasteiger partial charge on any atom is 0.268 e. The van der Waals surface area contributed by atoms with Crippen LogP contribution in [0.15, 0.2) is 0 Å². The normalized spacial score (nSPS) is 21.1. The molecule has 0 aromatic rings. The molecule has 174 valence electrons. The lowest BCUT2D eigenvalue weighted by atomic mass is 10.2. The van der Waals surface area contributed by atoms with E-state index in [1.165, 1.54) is 19.3 Å². The van der Waals surface area contributed by atoms with Crippen LogP contribution in [0.5, 0.6) is 0 Å². The molecule has 29 heavy (non-hydrogen) atoms. The van der Waals surface area contributed by atoms with Gasteiger partial charge in [-0.15, -0.1) is 0 Å². The van der Waals surface area contributed by atoms with Crippen LogP contribution in [-0.2, 0) is 27.8 Å². The Morgan fingerprint density at radius 2 is 1.83 bits per heavy atom. The minimum atomic E-state index is -4.38. The highest BCUT2D eigenvalue weighted by Crippen LogP contribution is 2.38. The number of nitrogens with zero attached hydrogens (tertiary/aromatic N) is 1. The summed E-state index contributed by atoms with van der Waals surface area (Å²) in [4.78, 5) is 12.0. The van der Waals surface area contributed by atoms with E-state index < -0.39 is 13.9 Å². The smallest absolute Gasteiger partial charge is 0.268 e. The first-order chi connectivity index (χ1) is 13.7. The lowest BCUT2D eigenvalue weighted by Gasteiger charge is -2.30. The van der Waals surface area contributed by atoms with E-state index in [2.05, 4.69) is 6.92 Å². The van der Waals surface area contributed by atoms with E-state index in [4.69, 9.17) is 23.3 Å². The van der Waals surface area contributed by atoms with Crippen LogP contribution in [0.2, 0.25) is 0 Å². The predicted molar refractivity (Wildman–Crippen MR) is 110 cm³/mol. The topological polar surface area (TPSA) is 86.3 Å². The largest absolute Gasteiger partial charge is 0.756 e. The first kappa shape index (κ1) is 27.0. The van der Waals surface area contributed by atoms with Crippen LogP contribution >= 0.6 is 7.82 Å². The van der Waals surface area contributed by atoms with Gasteiger partial charge in [0.2, 0.25) is 0 Å². The molecule has 1 aliphatic heterocycles.